The first kappa shape index (κ1) is 22.5. The van der Waals surface area contributed by atoms with Gasteiger partial charge in [0.05, 0.1) is 19.8 Å². The number of nitrogens with zero attached hydrogens (tertiary/aromatic N) is 2. The van der Waals surface area contributed by atoms with Crippen LogP contribution in [0.25, 0.3) is 0 Å². The molecule has 0 aliphatic carbocycles. The van der Waals surface area contributed by atoms with Gasteiger partial charge < -0.3 is 26.3 Å². The lowest BCUT2D eigenvalue weighted by Gasteiger charge is -2.26. The van der Waals surface area contributed by atoms with Crippen molar-refractivity contribution in [2.75, 3.05) is 46.0 Å². The summed E-state index contributed by atoms with van der Waals surface area (Å²) in [7, 11) is 0. The number of halogens is 1. The van der Waals surface area contributed by atoms with Crippen LogP contribution in [0.1, 0.15) is 12.0 Å². The number of aliphatic imine (C=N–C) groups is 1. The molecule has 0 spiro atoms. The Balaban J connectivity index is 0.00000338. The molecule has 0 saturated carbocycles. The Hall–Kier alpha value is -1.59. The summed E-state index contributed by atoms with van der Waals surface area (Å²) < 4.78 is 10.6. The Morgan fingerprint density at radius 1 is 1.31 bits per heavy atom. The Labute approximate surface area is 171 Å². The second-order valence-electron chi connectivity index (χ2n) is 5.84. The van der Waals surface area contributed by atoms with Crippen molar-refractivity contribution in [2.24, 2.45) is 16.5 Å². The number of rotatable bonds is 9. The molecule has 1 heterocycles. The zero-order valence-electron chi connectivity index (χ0n) is 14.9. The normalized spacial score (nSPS) is 15.2. The number of ether oxygens (including phenoxy) is 2. The first-order chi connectivity index (χ1) is 12.1. The van der Waals surface area contributed by atoms with Crippen molar-refractivity contribution in [1.29, 1.82) is 0 Å². The van der Waals surface area contributed by atoms with Crippen molar-refractivity contribution >= 4 is 35.8 Å². The molecule has 26 heavy (non-hydrogen) atoms. The number of carbonyl (C=O) groups excluding carboxylic acids is 1. The molecule has 0 unspecified atom stereocenters. The van der Waals surface area contributed by atoms with Gasteiger partial charge in [-0.1, -0.05) is 12.1 Å². The molecule has 2 rings (SSSR count). The van der Waals surface area contributed by atoms with Crippen LogP contribution in [0.3, 0.4) is 0 Å². The number of hydrogen-bond donors (Lipinski definition) is 3. The first-order valence-corrected chi connectivity index (χ1v) is 8.47. The van der Waals surface area contributed by atoms with Gasteiger partial charge >= 0.3 is 0 Å². The zero-order chi connectivity index (χ0) is 17.9. The van der Waals surface area contributed by atoms with Gasteiger partial charge in [-0.2, -0.15) is 0 Å². The van der Waals surface area contributed by atoms with Crippen molar-refractivity contribution in [2.45, 2.75) is 13.0 Å². The van der Waals surface area contributed by atoms with Gasteiger partial charge in [0.15, 0.2) is 12.6 Å². The minimum Gasteiger partial charge on any atom is -0.484 e. The summed E-state index contributed by atoms with van der Waals surface area (Å²) in [6, 6.07) is 7.35. The largest absolute Gasteiger partial charge is 0.484 e. The number of hydrogen-bond acceptors (Lipinski definition) is 5. The molecule has 0 radical (unpaired) electrons. The average Bonchev–Trinajstić information content (AvgIpc) is 2.63. The second kappa shape index (κ2) is 12.7. The van der Waals surface area contributed by atoms with Crippen molar-refractivity contribution in [3.05, 3.63) is 29.8 Å². The summed E-state index contributed by atoms with van der Waals surface area (Å²) in [5.74, 6) is 0.503. The van der Waals surface area contributed by atoms with Gasteiger partial charge in [-0.3, -0.25) is 9.69 Å². The highest BCUT2D eigenvalue weighted by Gasteiger charge is 2.09. The number of nitrogens with one attached hydrogen (secondary N) is 1. The zero-order valence-corrected chi connectivity index (χ0v) is 17.2. The molecule has 0 aromatic heterocycles. The molecule has 1 aromatic carbocycles. The molecule has 1 aliphatic heterocycles. The summed E-state index contributed by atoms with van der Waals surface area (Å²) in [5.41, 5.74) is 11.9. The molecule has 1 aliphatic rings. The van der Waals surface area contributed by atoms with Crippen LogP contribution in [0.2, 0.25) is 0 Å². The summed E-state index contributed by atoms with van der Waals surface area (Å²) in [6.07, 6.45) is 1.01. The van der Waals surface area contributed by atoms with Crippen LogP contribution in [-0.2, 0) is 16.1 Å². The van der Waals surface area contributed by atoms with Gasteiger partial charge in [-0.25, -0.2) is 4.99 Å². The third kappa shape index (κ3) is 9.20. The maximum Gasteiger partial charge on any atom is 0.255 e. The molecule has 5 N–H and O–H groups in total. The predicted molar refractivity (Wildman–Crippen MR) is 112 cm³/mol. The van der Waals surface area contributed by atoms with Crippen LogP contribution in [-0.4, -0.2) is 62.8 Å². The number of amides is 1. The van der Waals surface area contributed by atoms with Crippen LogP contribution in [0.5, 0.6) is 5.75 Å². The number of nitrogens with two attached hydrogens (primary N) is 2. The van der Waals surface area contributed by atoms with Gasteiger partial charge in [-0.05, 0) is 30.7 Å². The highest BCUT2D eigenvalue weighted by Crippen LogP contribution is 2.13. The smallest absolute Gasteiger partial charge is 0.255 e. The number of carbonyl (C=O) groups is 1. The van der Waals surface area contributed by atoms with E-state index in [-0.39, 0.29) is 30.6 Å². The lowest BCUT2D eigenvalue weighted by molar-refractivity contribution is -0.119. The molecular weight excluding hydrogens is 449 g/mol. The molecule has 146 valence electrons. The fraction of sp³-hybridized carbons (Fsp3) is 0.529. The molecule has 1 amide bonds. The van der Waals surface area contributed by atoms with E-state index in [2.05, 4.69) is 15.2 Å². The minimum atomic E-state index is -0.506. The maximum atomic E-state index is 10.7. The maximum absolute atomic E-state index is 10.7. The van der Waals surface area contributed by atoms with E-state index < -0.39 is 5.91 Å². The van der Waals surface area contributed by atoms with E-state index in [4.69, 9.17) is 20.9 Å². The van der Waals surface area contributed by atoms with E-state index in [9.17, 15) is 4.79 Å². The highest BCUT2D eigenvalue weighted by molar-refractivity contribution is 14.0. The molecular formula is C17H28IN5O3. The van der Waals surface area contributed by atoms with E-state index in [1.54, 1.807) is 6.07 Å². The fourth-order valence-corrected chi connectivity index (χ4v) is 2.46. The number of primary amides is 1. The lowest BCUT2D eigenvalue weighted by atomic mass is 10.2. The highest BCUT2D eigenvalue weighted by atomic mass is 127. The summed E-state index contributed by atoms with van der Waals surface area (Å²) in [6.45, 7) is 5.75. The number of guanidine groups is 1. The molecule has 0 bridgehead atoms. The third-order valence-corrected chi connectivity index (χ3v) is 3.77. The minimum absolute atomic E-state index is 0. The van der Waals surface area contributed by atoms with E-state index >= 15 is 0 Å². The second-order valence-corrected chi connectivity index (χ2v) is 5.84. The lowest BCUT2D eigenvalue weighted by Crippen LogP contribution is -2.39. The SMILES string of the molecule is I.NC(=O)COc1cccc(CN=C(N)NCCCN2CCOCC2)c1. The third-order valence-electron chi connectivity index (χ3n) is 3.77. The molecule has 1 saturated heterocycles. The van der Waals surface area contributed by atoms with Crippen LogP contribution in [0.4, 0.5) is 0 Å². The molecule has 1 fully saturated rings. The Bertz CT molecular complexity index is 579. The van der Waals surface area contributed by atoms with E-state index in [0.717, 1.165) is 51.4 Å². The quantitative estimate of drug-likeness (QED) is 0.204. The number of morpholine rings is 1. The molecule has 1 aromatic rings. The van der Waals surface area contributed by atoms with E-state index in [1.807, 2.05) is 18.2 Å². The standard InChI is InChI=1S/C17H27N5O3.HI/c18-16(23)13-25-15-4-1-3-14(11-15)12-21-17(19)20-5-2-6-22-7-9-24-10-8-22;/h1,3-4,11H,2,5-10,12-13H2,(H2,18,23)(H3,19,20,21);1H. The van der Waals surface area contributed by atoms with Crippen LogP contribution < -0.4 is 21.5 Å². The van der Waals surface area contributed by atoms with E-state index in [0.29, 0.717) is 18.3 Å². The van der Waals surface area contributed by atoms with Crippen molar-refractivity contribution < 1.29 is 14.3 Å². The molecule has 9 heteroatoms. The van der Waals surface area contributed by atoms with Crippen LogP contribution >= 0.6 is 24.0 Å². The average molecular weight is 477 g/mol. The van der Waals surface area contributed by atoms with Crippen LogP contribution in [0.15, 0.2) is 29.3 Å². The van der Waals surface area contributed by atoms with Gasteiger partial charge in [0.1, 0.15) is 5.75 Å². The van der Waals surface area contributed by atoms with Gasteiger partial charge in [0.2, 0.25) is 0 Å². The van der Waals surface area contributed by atoms with Gasteiger partial charge in [0.25, 0.3) is 5.91 Å². The summed E-state index contributed by atoms with van der Waals surface area (Å²) in [5, 5.41) is 3.12. The Kier molecular flexibility index (Phi) is 11.0. The number of benzene rings is 1. The molecule has 0 atom stereocenters. The fourth-order valence-electron chi connectivity index (χ4n) is 2.46. The summed E-state index contributed by atoms with van der Waals surface area (Å²) in [4.78, 5) is 17.4. The van der Waals surface area contributed by atoms with E-state index in [1.165, 1.54) is 0 Å². The van der Waals surface area contributed by atoms with Crippen molar-refractivity contribution in [3.63, 3.8) is 0 Å². The summed E-state index contributed by atoms with van der Waals surface area (Å²) >= 11 is 0. The van der Waals surface area contributed by atoms with Crippen molar-refractivity contribution in [3.8, 4) is 5.75 Å². The topological polar surface area (TPSA) is 115 Å². The molecule has 8 nitrogen and oxygen atoms in total. The monoisotopic (exact) mass is 477 g/mol. The predicted octanol–water partition coefficient (Wildman–Crippen LogP) is 0.295. The Morgan fingerprint density at radius 3 is 2.81 bits per heavy atom. The van der Waals surface area contributed by atoms with Crippen molar-refractivity contribution in [1.82, 2.24) is 10.2 Å². The van der Waals surface area contributed by atoms with Crippen LogP contribution in [0, 0.1) is 0 Å². The van der Waals surface area contributed by atoms with Gasteiger partial charge in [0, 0.05) is 19.6 Å². The first-order valence-electron chi connectivity index (χ1n) is 8.47. The van der Waals surface area contributed by atoms with Gasteiger partial charge in [-0.15, -0.1) is 24.0 Å². The Morgan fingerprint density at radius 2 is 2.08 bits per heavy atom.